The Hall–Kier alpha value is -0.0400. The Balaban J connectivity index is 2.29. The van der Waals surface area contributed by atoms with Crippen LogP contribution in [-0.4, -0.2) is 11.7 Å². The van der Waals surface area contributed by atoms with Crippen molar-refractivity contribution in [2.24, 2.45) is 0 Å². The highest BCUT2D eigenvalue weighted by Crippen LogP contribution is 2.31. The SMILES string of the molecule is [CH2]C(CC)(CC)OC1CC1. The minimum absolute atomic E-state index is 0.0822. The van der Waals surface area contributed by atoms with Crippen LogP contribution in [0.1, 0.15) is 39.5 Å². The summed E-state index contributed by atoms with van der Waals surface area (Å²) in [7, 11) is 0. The van der Waals surface area contributed by atoms with Crippen LogP contribution in [0.5, 0.6) is 0 Å². The first kappa shape index (κ1) is 8.06. The van der Waals surface area contributed by atoms with Crippen LogP contribution in [-0.2, 0) is 4.74 Å². The molecule has 0 aromatic heterocycles. The summed E-state index contributed by atoms with van der Waals surface area (Å²) in [6, 6.07) is 0. The lowest BCUT2D eigenvalue weighted by Crippen LogP contribution is -2.28. The molecule has 0 aliphatic heterocycles. The van der Waals surface area contributed by atoms with Crippen LogP contribution in [0.3, 0.4) is 0 Å². The van der Waals surface area contributed by atoms with Crippen molar-refractivity contribution in [3.05, 3.63) is 6.92 Å². The zero-order valence-electron chi connectivity index (χ0n) is 7.02. The summed E-state index contributed by atoms with van der Waals surface area (Å²) in [5.74, 6) is 0. The van der Waals surface area contributed by atoms with Crippen molar-refractivity contribution in [1.82, 2.24) is 0 Å². The van der Waals surface area contributed by atoms with E-state index in [2.05, 4.69) is 20.8 Å². The van der Waals surface area contributed by atoms with E-state index in [4.69, 9.17) is 4.74 Å². The van der Waals surface area contributed by atoms with Gasteiger partial charge in [-0.25, -0.2) is 0 Å². The lowest BCUT2D eigenvalue weighted by atomic mass is 10.0. The molecule has 1 aliphatic carbocycles. The molecule has 0 unspecified atom stereocenters. The van der Waals surface area contributed by atoms with Gasteiger partial charge in [0.05, 0.1) is 11.7 Å². The first-order valence-corrected chi connectivity index (χ1v) is 4.23. The maximum absolute atomic E-state index is 5.74. The lowest BCUT2D eigenvalue weighted by Gasteiger charge is -2.26. The van der Waals surface area contributed by atoms with Gasteiger partial charge in [0.2, 0.25) is 0 Å². The molecule has 0 spiro atoms. The van der Waals surface area contributed by atoms with Gasteiger partial charge < -0.3 is 4.74 Å². The van der Waals surface area contributed by atoms with Crippen LogP contribution >= 0.6 is 0 Å². The summed E-state index contributed by atoms with van der Waals surface area (Å²) >= 11 is 0. The van der Waals surface area contributed by atoms with Crippen molar-refractivity contribution >= 4 is 0 Å². The Morgan fingerprint density at radius 2 is 1.90 bits per heavy atom. The molecule has 1 fully saturated rings. The lowest BCUT2D eigenvalue weighted by molar-refractivity contribution is -0.0280. The fourth-order valence-electron chi connectivity index (χ4n) is 0.956. The van der Waals surface area contributed by atoms with Gasteiger partial charge in [0.15, 0.2) is 0 Å². The molecule has 0 atom stereocenters. The first-order valence-electron chi connectivity index (χ1n) is 4.23. The van der Waals surface area contributed by atoms with Crippen molar-refractivity contribution in [1.29, 1.82) is 0 Å². The Bertz CT molecular complexity index is 101. The Kier molecular flexibility index (Phi) is 2.35. The van der Waals surface area contributed by atoms with Crippen LogP contribution in [0.4, 0.5) is 0 Å². The van der Waals surface area contributed by atoms with Gasteiger partial charge >= 0.3 is 0 Å². The largest absolute Gasteiger partial charge is 0.372 e. The standard InChI is InChI=1S/C9H17O/c1-4-9(3,5-2)10-8-6-7-8/h8H,3-7H2,1-2H3. The van der Waals surface area contributed by atoms with E-state index in [1.165, 1.54) is 12.8 Å². The normalized spacial score (nSPS) is 19.5. The minimum atomic E-state index is -0.0822. The molecule has 1 aliphatic rings. The molecule has 1 nitrogen and oxygen atoms in total. The summed E-state index contributed by atoms with van der Waals surface area (Å²) in [5.41, 5.74) is -0.0822. The zero-order chi connectivity index (χ0) is 7.61. The highest BCUT2D eigenvalue weighted by atomic mass is 16.5. The molecule has 0 aromatic rings. The van der Waals surface area contributed by atoms with E-state index < -0.39 is 0 Å². The Morgan fingerprint density at radius 1 is 1.40 bits per heavy atom. The first-order chi connectivity index (χ1) is 4.70. The topological polar surface area (TPSA) is 9.23 Å². The molecule has 1 heteroatoms. The molecule has 59 valence electrons. The van der Waals surface area contributed by atoms with Gasteiger partial charge in [-0.3, -0.25) is 0 Å². The predicted octanol–water partition coefficient (Wildman–Crippen LogP) is 2.56. The van der Waals surface area contributed by atoms with Crippen molar-refractivity contribution in [2.45, 2.75) is 51.2 Å². The van der Waals surface area contributed by atoms with E-state index in [0.29, 0.717) is 6.10 Å². The third kappa shape index (κ3) is 1.98. The zero-order valence-corrected chi connectivity index (χ0v) is 7.02. The van der Waals surface area contributed by atoms with Gasteiger partial charge in [0.1, 0.15) is 0 Å². The fourth-order valence-corrected chi connectivity index (χ4v) is 0.956. The van der Waals surface area contributed by atoms with Gasteiger partial charge in [-0.1, -0.05) is 13.8 Å². The molecule has 0 aromatic carbocycles. The van der Waals surface area contributed by atoms with Gasteiger partial charge in [-0.05, 0) is 32.6 Å². The third-order valence-electron chi connectivity index (χ3n) is 2.23. The second-order valence-corrected chi connectivity index (χ2v) is 3.21. The van der Waals surface area contributed by atoms with Crippen LogP contribution in [0.15, 0.2) is 0 Å². The summed E-state index contributed by atoms with van der Waals surface area (Å²) in [6.07, 6.45) is 5.09. The summed E-state index contributed by atoms with van der Waals surface area (Å²) in [5, 5.41) is 0. The van der Waals surface area contributed by atoms with Crippen LogP contribution in [0.25, 0.3) is 0 Å². The number of ether oxygens (including phenoxy) is 1. The highest BCUT2D eigenvalue weighted by Gasteiger charge is 2.31. The number of rotatable bonds is 4. The molecule has 10 heavy (non-hydrogen) atoms. The van der Waals surface area contributed by atoms with Crippen molar-refractivity contribution in [2.75, 3.05) is 0 Å². The van der Waals surface area contributed by atoms with Crippen LogP contribution in [0.2, 0.25) is 0 Å². The second kappa shape index (κ2) is 2.91. The predicted molar refractivity (Wildman–Crippen MR) is 42.8 cm³/mol. The maximum Gasteiger partial charge on any atom is 0.0682 e. The van der Waals surface area contributed by atoms with Gasteiger partial charge in [0.25, 0.3) is 0 Å². The monoisotopic (exact) mass is 141 g/mol. The van der Waals surface area contributed by atoms with E-state index in [1.807, 2.05) is 0 Å². The Labute approximate surface area is 63.8 Å². The smallest absolute Gasteiger partial charge is 0.0682 e. The molecular formula is C9H17O. The van der Waals surface area contributed by atoms with Gasteiger partial charge in [0, 0.05) is 0 Å². The Morgan fingerprint density at radius 3 is 2.20 bits per heavy atom. The second-order valence-electron chi connectivity index (χ2n) is 3.21. The summed E-state index contributed by atoms with van der Waals surface area (Å²) in [6.45, 7) is 8.34. The van der Waals surface area contributed by atoms with Crippen molar-refractivity contribution < 1.29 is 4.74 Å². The van der Waals surface area contributed by atoms with E-state index in [9.17, 15) is 0 Å². The van der Waals surface area contributed by atoms with E-state index in [1.54, 1.807) is 0 Å². The number of hydrogen-bond acceptors (Lipinski definition) is 1. The van der Waals surface area contributed by atoms with E-state index >= 15 is 0 Å². The van der Waals surface area contributed by atoms with E-state index in [0.717, 1.165) is 12.8 Å². The average Bonchev–Trinajstić information content (AvgIpc) is 2.72. The van der Waals surface area contributed by atoms with Crippen LogP contribution < -0.4 is 0 Å². The van der Waals surface area contributed by atoms with Crippen LogP contribution in [0, 0.1) is 6.92 Å². The molecular weight excluding hydrogens is 124 g/mol. The van der Waals surface area contributed by atoms with Crippen molar-refractivity contribution in [3.8, 4) is 0 Å². The molecule has 0 amide bonds. The summed E-state index contributed by atoms with van der Waals surface area (Å²) < 4.78 is 5.74. The number of hydrogen-bond donors (Lipinski definition) is 0. The minimum Gasteiger partial charge on any atom is -0.372 e. The quantitative estimate of drug-likeness (QED) is 0.584. The molecule has 0 N–H and O–H groups in total. The molecule has 0 bridgehead atoms. The molecule has 1 radical (unpaired) electrons. The average molecular weight is 141 g/mol. The molecule has 1 saturated carbocycles. The maximum atomic E-state index is 5.74. The fraction of sp³-hybridized carbons (Fsp3) is 0.889. The van der Waals surface area contributed by atoms with Gasteiger partial charge in [-0.15, -0.1) is 0 Å². The highest BCUT2D eigenvalue weighted by molar-refractivity contribution is 4.86. The van der Waals surface area contributed by atoms with Crippen molar-refractivity contribution in [3.63, 3.8) is 0 Å². The summed E-state index contributed by atoms with van der Waals surface area (Å²) in [4.78, 5) is 0. The molecule has 0 saturated heterocycles. The molecule has 0 heterocycles. The molecule has 1 rings (SSSR count). The third-order valence-corrected chi connectivity index (χ3v) is 2.23. The van der Waals surface area contributed by atoms with E-state index in [-0.39, 0.29) is 5.60 Å². The van der Waals surface area contributed by atoms with Gasteiger partial charge in [-0.2, -0.15) is 0 Å².